The maximum absolute atomic E-state index is 11.3. The molecule has 0 saturated heterocycles. The molecule has 1 aliphatic carbocycles. The first-order valence-corrected chi connectivity index (χ1v) is 7.51. The smallest absolute Gasteiger partial charge is 0.229 e. The highest BCUT2D eigenvalue weighted by molar-refractivity contribution is 9.10. The fourth-order valence-corrected chi connectivity index (χ4v) is 2.88. The maximum atomic E-state index is 11.3. The van der Waals surface area contributed by atoms with Crippen molar-refractivity contribution in [3.05, 3.63) is 39.4 Å². The molecule has 0 aromatic heterocycles. The first-order valence-electron chi connectivity index (χ1n) is 4.83. The molecule has 0 spiro atoms. The van der Waals surface area contributed by atoms with Crippen molar-refractivity contribution in [1.82, 2.24) is 4.72 Å². The summed E-state index contributed by atoms with van der Waals surface area (Å²) in [7, 11) is -3.22. The quantitative estimate of drug-likeness (QED) is 0.911. The number of rotatable bonds is 2. The van der Waals surface area contributed by atoms with Gasteiger partial charge in [-0.3, -0.25) is 4.72 Å². The fourth-order valence-electron chi connectivity index (χ4n) is 1.87. The Hall–Kier alpha value is -0.810. The molecule has 0 heterocycles. The highest BCUT2D eigenvalue weighted by atomic mass is 79.9. The van der Waals surface area contributed by atoms with Crippen LogP contribution in [0.4, 0.5) is 0 Å². The Balaban J connectivity index is 2.48. The normalized spacial score (nSPS) is 15.2. The van der Waals surface area contributed by atoms with Crippen molar-refractivity contribution >= 4 is 31.7 Å². The molecule has 0 amide bonds. The third kappa shape index (κ3) is 2.30. The number of fused-ring (bicyclic) bond motifs is 1. The van der Waals surface area contributed by atoms with Crippen LogP contribution in [0.1, 0.15) is 18.1 Å². The summed E-state index contributed by atoms with van der Waals surface area (Å²) in [5.41, 5.74) is 3.90. The van der Waals surface area contributed by atoms with Crippen molar-refractivity contribution in [3.8, 4) is 0 Å². The number of hydrogen-bond donors (Lipinski definition) is 1. The molecule has 0 unspecified atom stereocenters. The average molecular weight is 302 g/mol. The van der Waals surface area contributed by atoms with E-state index in [2.05, 4.69) is 20.7 Å². The van der Waals surface area contributed by atoms with Crippen LogP contribution in [0.3, 0.4) is 0 Å². The van der Waals surface area contributed by atoms with Crippen molar-refractivity contribution in [1.29, 1.82) is 0 Å². The summed E-state index contributed by atoms with van der Waals surface area (Å²) in [6, 6.07) is 5.93. The van der Waals surface area contributed by atoms with Gasteiger partial charge in [-0.2, -0.15) is 0 Å². The largest absolute Gasteiger partial charge is 0.283 e. The van der Waals surface area contributed by atoms with Crippen LogP contribution in [0.25, 0.3) is 5.70 Å². The van der Waals surface area contributed by atoms with E-state index in [9.17, 15) is 8.42 Å². The lowest BCUT2D eigenvalue weighted by molar-refractivity contribution is 0.597. The van der Waals surface area contributed by atoms with E-state index in [1.807, 2.05) is 25.1 Å². The van der Waals surface area contributed by atoms with Crippen LogP contribution in [0.2, 0.25) is 0 Å². The number of halogens is 1. The summed E-state index contributed by atoms with van der Waals surface area (Å²) in [6.45, 7) is 1.95. The number of sulfonamides is 1. The first kappa shape index (κ1) is 11.7. The number of allylic oxidation sites excluding steroid dienone is 1. The summed E-state index contributed by atoms with van der Waals surface area (Å²) in [5, 5.41) is 0. The monoisotopic (exact) mass is 301 g/mol. The summed E-state index contributed by atoms with van der Waals surface area (Å²) >= 11 is 3.39. The van der Waals surface area contributed by atoms with E-state index in [1.165, 1.54) is 6.26 Å². The second kappa shape index (κ2) is 3.89. The van der Waals surface area contributed by atoms with Crippen molar-refractivity contribution < 1.29 is 8.42 Å². The van der Waals surface area contributed by atoms with E-state index in [1.54, 1.807) is 0 Å². The van der Waals surface area contributed by atoms with Gasteiger partial charge >= 0.3 is 0 Å². The molecule has 0 atom stereocenters. The molecule has 2 rings (SSSR count). The van der Waals surface area contributed by atoms with Gasteiger partial charge in [-0.1, -0.05) is 22.0 Å². The zero-order valence-electron chi connectivity index (χ0n) is 9.04. The lowest BCUT2D eigenvalue weighted by Crippen LogP contribution is -2.20. The molecular formula is C11H12BrNO2S. The Morgan fingerprint density at radius 1 is 1.38 bits per heavy atom. The third-order valence-corrected chi connectivity index (χ3v) is 3.58. The minimum atomic E-state index is -3.22. The predicted octanol–water partition coefficient (Wildman–Crippen LogP) is 2.29. The lowest BCUT2D eigenvalue weighted by Gasteiger charge is -2.08. The Morgan fingerprint density at radius 3 is 2.69 bits per heavy atom. The van der Waals surface area contributed by atoms with Gasteiger partial charge in [0.15, 0.2) is 0 Å². The molecule has 1 aromatic carbocycles. The number of hydrogen-bond acceptors (Lipinski definition) is 2. The molecule has 0 aliphatic heterocycles. The van der Waals surface area contributed by atoms with Crippen LogP contribution in [-0.4, -0.2) is 14.7 Å². The average Bonchev–Trinajstić information content (AvgIpc) is 2.42. The maximum Gasteiger partial charge on any atom is 0.229 e. The summed E-state index contributed by atoms with van der Waals surface area (Å²) < 4.78 is 26.1. The number of nitrogens with one attached hydrogen (secondary N) is 1. The van der Waals surface area contributed by atoms with Gasteiger partial charge in [-0.25, -0.2) is 8.42 Å². The van der Waals surface area contributed by atoms with Gasteiger partial charge in [0, 0.05) is 10.0 Å². The van der Waals surface area contributed by atoms with E-state index in [0.29, 0.717) is 0 Å². The second-order valence-corrected chi connectivity index (χ2v) is 6.67. The van der Waals surface area contributed by atoms with Crippen LogP contribution in [0.5, 0.6) is 0 Å². The minimum Gasteiger partial charge on any atom is -0.283 e. The molecule has 1 N–H and O–H groups in total. The van der Waals surface area contributed by atoms with Gasteiger partial charge in [0.05, 0.1) is 12.0 Å². The summed E-state index contributed by atoms with van der Waals surface area (Å²) in [6.07, 6.45) is 1.98. The summed E-state index contributed by atoms with van der Waals surface area (Å²) in [5.74, 6) is 0. The zero-order valence-corrected chi connectivity index (χ0v) is 11.4. The van der Waals surface area contributed by atoms with E-state index in [4.69, 9.17) is 0 Å². The van der Waals surface area contributed by atoms with Crippen molar-refractivity contribution in [2.24, 2.45) is 0 Å². The molecule has 16 heavy (non-hydrogen) atoms. The zero-order chi connectivity index (χ0) is 11.9. The number of benzene rings is 1. The van der Waals surface area contributed by atoms with Crippen molar-refractivity contribution in [3.63, 3.8) is 0 Å². The van der Waals surface area contributed by atoms with E-state index in [-0.39, 0.29) is 0 Å². The lowest BCUT2D eigenvalue weighted by atomic mass is 10.1. The highest BCUT2D eigenvalue weighted by Crippen LogP contribution is 2.33. The third-order valence-electron chi connectivity index (χ3n) is 2.51. The molecular weight excluding hydrogens is 290 g/mol. The van der Waals surface area contributed by atoms with Crippen molar-refractivity contribution in [2.45, 2.75) is 13.3 Å². The predicted molar refractivity (Wildman–Crippen MR) is 68.4 cm³/mol. The van der Waals surface area contributed by atoms with Gasteiger partial charge in [-0.15, -0.1) is 0 Å². The Kier molecular flexibility index (Phi) is 2.84. The molecule has 0 bridgehead atoms. The topological polar surface area (TPSA) is 46.2 Å². The standard InChI is InChI=1S/C11H12BrNO2S/c1-7-5-8-3-4-9(12)6-10(8)11(7)13-16(2,14)15/h3-4,6,13H,5H2,1-2H3. The van der Waals surface area contributed by atoms with Gasteiger partial charge in [0.25, 0.3) is 0 Å². The van der Waals surface area contributed by atoms with Crippen LogP contribution in [0, 0.1) is 0 Å². The van der Waals surface area contributed by atoms with Crippen LogP contribution < -0.4 is 4.72 Å². The summed E-state index contributed by atoms with van der Waals surface area (Å²) in [4.78, 5) is 0. The molecule has 3 nitrogen and oxygen atoms in total. The SMILES string of the molecule is CC1=C(NS(C)(=O)=O)c2cc(Br)ccc2C1. The van der Waals surface area contributed by atoms with Gasteiger partial charge in [-0.05, 0) is 36.6 Å². The fraction of sp³-hybridized carbons (Fsp3) is 0.273. The Bertz CT molecular complexity index is 576. The first-order chi connectivity index (χ1) is 7.37. The highest BCUT2D eigenvalue weighted by Gasteiger charge is 2.21. The van der Waals surface area contributed by atoms with Crippen LogP contribution in [-0.2, 0) is 16.4 Å². The van der Waals surface area contributed by atoms with E-state index in [0.717, 1.165) is 33.3 Å². The molecule has 0 saturated carbocycles. The van der Waals surface area contributed by atoms with E-state index < -0.39 is 10.0 Å². The molecule has 5 heteroatoms. The second-order valence-electron chi connectivity index (χ2n) is 4.01. The van der Waals surface area contributed by atoms with Crippen molar-refractivity contribution in [2.75, 3.05) is 6.26 Å². The molecule has 0 fully saturated rings. The molecule has 86 valence electrons. The van der Waals surface area contributed by atoms with Crippen LogP contribution in [0.15, 0.2) is 28.2 Å². The molecule has 1 aromatic rings. The molecule has 0 radical (unpaired) electrons. The van der Waals surface area contributed by atoms with E-state index >= 15 is 0 Å². The molecule has 1 aliphatic rings. The van der Waals surface area contributed by atoms with Gasteiger partial charge in [0.1, 0.15) is 0 Å². The van der Waals surface area contributed by atoms with Gasteiger partial charge in [0.2, 0.25) is 10.0 Å². The van der Waals surface area contributed by atoms with Crippen LogP contribution >= 0.6 is 15.9 Å². The Labute approximate surface area is 104 Å². The van der Waals surface area contributed by atoms with Gasteiger partial charge < -0.3 is 0 Å². The minimum absolute atomic E-state index is 0.721. The Morgan fingerprint density at radius 2 is 2.06 bits per heavy atom.